The Bertz CT molecular complexity index is 263. The van der Waals surface area contributed by atoms with E-state index >= 15 is 0 Å². The first-order chi connectivity index (χ1) is 5.76. The van der Waals surface area contributed by atoms with Gasteiger partial charge in [-0.3, -0.25) is 0 Å². The van der Waals surface area contributed by atoms with Crippen molar-refractivity contribution in [2.75, 3.05) is 12.9 Å². The molecular weight excluding hydrogens is 175 g/mol. The molecule has 0 atom stereocenters. The molecule has 0 saturated carbocycles. The molecule has 0 N–H and O–H groups in total. The van der Waals surface area contributed by atoms with Gasteiger partial charge in [-0.05, 0) is 17.9 Å². The summed E-state index contributed by atoms with van der Waals surface area (Å²) in [5, 5.41) is 0. The molecule has 1 aromatic carbocycles. The van der Waals surface area contributed by atoms with Gasteiger partial charge in [0.2, 0.25) is 0 Å². The van der Waals surface area contributed by atoms with Crippen LogP contribution in [0.5, 0.6) is 5.75 Å². The second-order valence-corrected chi connectivity index (χ2v) is 3.60. The molecule has 3 heteroatoms. The number of benzene rings is 1. The lowest BCUT2D eigenvalue weighted by Crippen LogP contribution is -1.85. The van der Waals surface area contributed by atoms with Crippen LogP contribution in [0.3, 0.4) is 0 Å². The Morgan fingerprint density at radius 3 is 2.75 bits per heavy atom. The molecular formula is C9H11FOS. The van der Waals surface area contributed by atoms with Crippen LogP contribution >= 0.6 is 11.8 Å². The van der Waals surface area contributed by atoms with Crippen molar-refractivity contribution < 1.29 is 9.13 Å². The summed E-state index contributed by atoms with van der Waals surface area (Å²) >= 11 is 1.60. The van der Waals surface area contributed by atoms with Gasteiger partial charge in [0.1, 0.15) is 11.6 Å². The maximum atomic E-state index is 12.8. The van der Waals surface area contributed by atoms with Gasteiger partial charge in [-0.25, -0.2) is 4.39 Å². The predicted molar refractivity (Wildman–Crippen MR) is 49.4 cm³/mol. The summed E-state index contributed by atoms with van der Waals surface area (Å²) in [7, 11) is 1.54. The number of hydrogen-bond donors (Lipinski definition) is 0. The minimum absolute atomic E-state index is 0.245. The number of methoxy groups -OCH3 is 1. The van der Waals surface area contributed by atoms with Crippen LogP contribution in [0.1, 0.15) is 6.92 Å². The van der Waals surface area contributed by atoms with Crippen LogP contribution in [0.4, 0.5) is 4.39 Å². The number of rotatable bonds is 3. The molecule has 1 rings (SSSR count). The van der Waals surface area contributed by atoms with Crippen LogP contribution in [0.25, 0.3) is 0 Å². The van der Waals surface area contributed by atoms with E-state index in [2.05, 4.69) is 0 Å². The van der Waals surface area contributed by atoms with Crippen LogP contribution in [-0.2, 0) is 0 Å². The molecule has 66 valence electrons. The number of thioether (sulfide) groups is 1. The first-order valence-electron chi connectivity index (χ1n) is 3.73. The third kappa shape index (κ3) is 2.41. The first kappa shape index (κ1) is 9.39. The summed E-state index contributed by atoms with van der Waals surface area (Å²) in [6.07, 6.45) is 0. The van der Waals surface area contributed by atoms with Crippen LogP contribution < -0.4 is 4.74 Å². The minimum atomic E-state index is -0.245. The highest BCUT2D eigenvalue weighted by atomic mass is 32.2. The zero-order chi connectivity index (χ0) is 8.97. The fraction of sp³-hybridized carbons (Fsp3) is 0.333. The Balaban J connectivity index is 2.90. The molecule has 0 spiro atoms. The maximum Gasteiger partial charge on any atom is 0.128 e. The van der Waals surface area contributed by atoms with Gasteiger partial charge < -0.3 is 4.74 Å². The summed E-state index contributed by atoms with van der Waals surface area (Å²) in [4.78, 5) is 0.911. The van der Waals surface area contributed by atoms with Gasteiger partial charge in [-0.2, -0.15) is 0 Å². The van der Waals surface area contributed by atoms with Crippen molar-refractivity contribution in [3.8, 4) is 5.75 Å². The highest BCUT2D eigenvalue weighted by Crippen LogP contribution is 2.24. The second kappa shape index (κ2) is 4.36. The third-order valence-electron chi connectivity index (χ3n) is 1.39. The molecule has 0 amide bonds. The Hall–Kier alpha value is -0.700. The van der Waals surface area contributed by atoms with Crippen molar-refractivity contribution in [3.05, 3.63) is 24.0 Å². The minimum Gasteiger partial charge on any atom is -0.497 e. The van der Waals surface area contributed by atoms with E-state index in [1.807, 2.05) is 13.0 Å². The zero-order valence-electron chi connectivity index (χ0n) is 7.13. The van der Waals surface area contributed by atoms with Gasteiger partial charge in [0.25, 0.3) is 0 Å². The standard InChI is InChI=1S/C9H11FOS/c1-3-12-9-5-7(10)4-8(6-9)11-2/h4-6H,3H2,1-2H3. The number of hydrogen-bond acceptors (Lipinski definition) is 2. The maximum absolute atomic E-state index is 12.8. The van der Waals surface area contributed by atoms with E-state index < -0.39 is 0 Å². The van der Waals surface area contributed by atoms with Gasteiger partial charge in [-0.1, -0.05) is 6.92 Å². The smallest absolute Gasteiger partial charge is 0.128 e. The van der Waals surface area contributed by atoms with Crippen LogP contribution in [0, 0.1) is 5.82 Å². The highest BCUT2D eigenvalue weighted by Gasteiger charge is 1.99. The van der Waals surface area contributed by atoms with Crippen molar-refractivity contribution in [2.24, 2.45) is 0 Å². The molecule has 0 bridgehead atoms. The lowest BCUT2D eigenvalue weighted by atomic mass is 10.3. The van der Waals surface area contributed by atoms with E-state index in [0.717, 1.165) is 10.6 Å². The second-order valence-electron chi connectivity index (χ2n) is 2.26. The predicted octanol–water partition coefficient (Wildman–Crippen LogP) is 2.95. The molecule has 0 fully saturated rings. The summed E-state index contributed by atoms with van der Waals surface area (Å²) < 4.78 is 17.8. The van der Waals surface area contributed by atoms with E-state index in [1.54, 1.807) is 11.8 Å². The summed E-state index contributed by atoms with van der Waals surface area (Å²) in [6, 6.07) is 4.72. The molecule has 0 radical (unpaired) electrons. The van der Waals surface area contributed by atoms with Crippen molar-refractivity contribution >= 4 is 11.8 Å². The summed E-state index contributed by atoms with van der Waals surface area (Å²) in [5.41, 5.74) is 0. The van der Waals surface area contributed by atoms with Crippen molar-refractivity contribution in [1.82, 2.24) is 0 Å². The van der Waals surface area contributed by atoms with Crippen LogP contribution in [0.2, 0.25) is 0 Å². The van der Waals surface area contributed by atoms with Crippen molar-refractivity contribution in [2.45, 2.75) is 11.8 Å². The fourth-order valence-corrected chi connectivity index (χ4v) is 1.63. The van der Waals surface area contributed by atoms with Gasteiger partial charge in [0, 0.05) is 11.0 Å². The van der Waals surface area contributed by atoms with Crippen LogP contribution in [0.15, 0.2) is 23.1 Å². The SMILES string of the molecule is CCSc1cc(F)cc(OC)c1. The lowest BCUT2D eigenvalue weighted by Gasteiger charge is -2.03. The third-order valence-corrected chi connectivity index (χ3v) is 2.25. The molecule has 0 aliphatic heterocycles. The van der Waals surface area contributed by atoms with E-state index in [1.165, 1.54) is 19.2 Å². The number of halogens is 1. The normalized spacial score (nSPS) is 9.92. The van der Waals surface area contributed by atoms with Crippen LogP contribution in [-0.4, -0.2) is 12.9 Å². The van der Waals surface area contributed by atoms with Crippen molar-refractivity contribution in [3.63, 3.8) is 0 Å². The van der Waals surface area contributed by atoms with Gasteiger partial charge >= 0.3 is 0 Å². The topological polar surface area (TPSA) is 9.23 Å². The molecule has 0 aromatic heterocycles. The molecule has 0 aliphatic carbocycles. The molecule has 0 unspecified atom stereocenters. The van der Waals surface area contributed by atoms with Crippen molar-refractivity contribution in [1.29, 1.82) is 0 Å². The molecule has 1 nitrogen and oxygen atoms in total. The van der Waals surface area contributed by atoms with E-state index in [9.17, 15) is 4.39 Å². The summed E-state index contributed by atoms with van der Waals surface area (Å²) in [5.74, 6) is 1.27. The summed E-state index contributed by atoms with van der Waals surface area (Å²) in [6.45, 7) is 2.03. The zero-order valence-corrected chi connectivity index (χ0v) is 7.95. The Labute approximate surface area is 75.9 Å². The van der Waals surface area contributed by atoms with Gasteiger partial charge in [-0.15, -0.1) is 11.8 Å². The number of ether oxygens (including phenoxy) is 1. The first-order valence-corrected chi connectivity index (χ1v) is 4.72. The molecule has 0 saturated heterocycles. The highest BCUT2D eigenvalue weighted by molar-refractivity contribution is 7.99. The molecule has 1 aromatic rings. The lowest BCUT2D eigenvalue weighted by molar-refractivity contribution is 0.410. The fourth-order valence-electron chi connectivity index (χ4n) is 0.905. The average Bonchev–Trinajstić information content (AvgIpc) is 2.04. The monoisotopic (exact) mass is 186 g/mol. The van der Waals surface area contributed by atoms with E-state index in [0.29, 0.717) is 5.75 Å². The Morgan fingerprint density at radius 2 is 2.17 bits per heavy atom. The van der Waals surface area contributed by atoms with Gasteiger partial charge in [0.15, 0.2) is 0 Å². The average molecular weight is 186 g/mol. The molecule has 0 aliphatic rings. The Morgan fingerprint density at radius 1 is 1.42 bits per heavy atom. The Kier molecular flexibility index (Phi) is 3.41. The van der Waals surface area contributed by atoms with E-state index in [4.69, 9.17) is 4.74 Å². The quantitative estimate of drug-likeness (QED) is 0.671. The largest absolute Gasteiger partial charge is 0.497 e. The molecule has 0 heterocycles. The molecule has 12 heavy (non-hydrogen) atoms. The van der Waals surface area contributed by atoms with E-state index in [-0.39, 0.29) is 5.82 Å². The van der Waals surface area contributed by atoms with Gasteiger partial charge in [0.05, 0.1) is 7.11 Å².